The van der Waals surface area contributed by atoms with E-state index in [1.165, 1.54) is 14.2 Å². The Morgan fingerprint density at radius 2 is 1.06 bits per heavy atom. The van der Waals surface area contributed by atoms with Crippen LogP contribution in [0.15, 0.2) is 60.7 Å². The predicted octanol–water partition coefficient (Wildman–Crippen LogP) is 4.58. The van der Waals surface area contributed by atoms with E-state index in [0.717, 1.165) is 21.9 Å². The van der Waals surface area contributed by atoms with Gasteiger partial charge in [-0.2, -0.15) is 0 Å². The predicted molar refractivity (Wildman–Crippen MR) is 188 cm³/mol. The molecule has 12 nitrogen and oxygen atoms in total. The lowest BCUT2D eigenvalue weighted by Gasteiger charge is -2.22. The lowest BCUT2D eigenvalue weighted by Crippen LogP contribution is -2.48. The third-order valence-electron chi connectivity index (χ3n) is 9.47. The van der Waals surface area contributed by atoms with E-state index in [1.54, 1.807) is 26.0 Å². The topological polar surface area (TPSA) is 154 Å². The van der Waals surface area contributed by atoms with E-state index in [2.05, 4.69) is 10.6 Å². The molecule has 4 aromatic rings. The second-order valence-electron chi connectivity index (χ2n) is 13.4. The number of carbonyl (C=O) groups is 4. The van der Waals surface area contributed by atoms with Crippen molar-refractivity contribution in [3.63, 3.8) is 0 Å². The van der Waals surface area contributed by atoms with E-state index in [9.17, 15) is 19.2 Å². The minimum Gasteiger partial charge on any atom is -0.497 e. The summed E-state index contributed by atoms with van der Waals surface area (Å²) in [5, 5.41) is 8.62. The number of methoxy groups -OCH3 is 2. The number of fused-ring (bicyclic) bond motifs is 2. The molecule has 0 aliphatic carbocycles. The first-order chi connectivity index (χ1) is 24.4. The van der Waals surface area contributed by atoms with Crippen molar-refractivity contribution in [3.05, 3.63) is 82.9 Å². The van der Waals surface area contributed by atoms with E-state index in [-0.39, 0.29) is 37.4 Å². The molecule has 0 bridgehead atoms. The molecule has 2 fully saturated rings. The lowest BCUT2D eigenvalue weighted by molar-refractivity contribution is -0.133. The average Bonchev–Trinajstić information content (AvgIpc) is 4.06. The molecule has 268 valence electrons. The smallest absolute Gasteiger partial charge is 0.339 e. The van der Waals surface area contributed by atoms with Gasteiger partial charge in [-0.3, -0.25) is 9.59 Å². The second-order valence-corrected chi connectivity index (χ2v) is 13.4. The zero-order chi connectivity index (χ0) is 36.5. The zero-order valence-electron chi connectivity index (χ0n) is 29.5. The van der Waals surface area contributed by atoms with Crippen molar-refractivity contribution < 1.29 is 47.6 Å². The summed E-state index contributed by atoms with van der Waals surface area (Å²) in [6, 6.07) is 18.1. The van der Waals surface area contributed by atoms with E-state index >= 15 is 0 Å². The van der Waals surface area contributed by atoms with Gasteiger partial charge in [-0.1, -0.05) is 36.4 Å². The first-order valence-corrected chi connectivity index (χ1v) is 16.8. The lowest BCUT2D eigenvalue weighted by atomic mass is 9.99. The van der Waals surface area contributed by atoms with Crippen LogP contribution in [0.25, 0.3) is 21.5 Å². The highest BCUT2D eigenvalue weighted by atomic mass is 16.6. The molecular weight excluding hydrogens is 656 g/mol. The number of ether oxygens (including phenoxy) is 6. The van der Waals surface area contributed by atoms with Gasteiger partial charge in [0.05, 0.1) is 38.6 Å². The Kier molecular flexibility index (Phi) is 9.92. The van der Waals surface area contributed by atoms with Crippen LogP contribution >= 0.6 is 0 Å². The quantitative estimate of drug-likeness (QED) is 0.109. The third kappa shape index (κ3) is 7.47. The second kappa shape index (κ2) is 14.2. The molecule has 2 aliphatic heterocycles. The van der Waals surface area contributed by atoms with Crippen molar-refractivity contribution >= 4 is 45.3 Å². The Morgan fingerprint density at radius 3 is 1.41 bits per heavy atom. The van der Waals surface area contributed by atoms with Gasteiger partial charge in [-0.05, 0) is 91.1 Å². The standard InChI is InChI=1S/C39H42N2O10/c1-22-10-7-12-26-28(22)16-24(46-5)18-30(26)36(44)50-32(38(3)20-48-38)34(42)40-14-9-15-41-35(43)33(39(4)21-49-39)51-37(45)31-19-25(47-6)17-29-23(2)11-8-13-27(29)31/h7-8,10-13,16-19,32-33H,9,14-15,20-21H2,1-6H3,(H,40,42)(H,41,43)/t32-,33-,38+,39+/m1/s1. The Balaban J connectivity index is 1.06. The minimum absolute atomic E-state index is 0.165. The number of rotatable bonds is 14. The average molecular weight is 699 g/mol. The first kappa shape index (κ1) is 35.6. The number of esters is 2. The van der Waals surface area contributed by atoms with Crippen LogP contribution in [0.1, 0.15) is 52.1 Å². The molecule has 12 heteroatoms. The summed E-state index contributed by atoms with van der Waals surface area (Å²) in [5.74, 6) is -1.43. The molecule has 0 unspecified atom stereocenters. The van der Waals surface area contributed by atoms with Gasteiger partial charge in [-0.25, -0.2) is 9.59 Å². The zero-order valence-corrected chi connectivity index (χ0v) is 29.5. The SMILES string of the molecule is COc1cc(C(=O)O[C@H](C(=O)NCCCNC(=O)[C@@H](OC(=O)c2cc(OC)cc3c(C)cccc23)[C@]2(C)CO2)[C@]2(C)CO2)c2cccc(C)c2c1. The summed E-state index contributed by atoms with van der Waals surface area (Å²) >= 11 is 0. The summed E-state index contributed by atoms with van der Waals surface area (Å²) < 4.78 is 33.5. The van der Waals surface area contributed by atoms with Gasteiger partial charge in [0.1, 0.15) is 22.7 Å². The van der Waals surface area contributed by atoms with Crippen molar-refractivity contribution in [3.8, 4) is 11.5 Å². The number of aryl methyl sites for hydroxylation is 2. The van der Waals surface area contributed by atoms with Gasteiger partial charge in [0.15, 0.2) is 0 Å². The highest BCUT2D eigenvalue weighted by Gasteiger charge is 2.54. The molecule has 0 saturated carbocycles. The van der Waals surface area contributed by atoms with Crippen molar-refractivity contribution in [2.75, 3.05) is 40.5 Å². The Hall–Kier alpha value is -5.20. The molecule has 6 rings (SSSR count). The van der Waals surface area contributed by atoms with Crippen LogP contribution in [-0.2, 0) is 28.5 Å². The summed E-state index contributed by atoms with van der Waals surface area (Å²) in [5.41, 5.74) is 0.531. The number of hydrogen-bond donors (Lipinski definition) is 2. The molecular formula is C39H42N2O10. The Bertz CT molecular complexity index is 1870. The molecule has 4 aromatic carbocycles. The molecule has 2 saturated heterocycles. The van der Waals surface area contributed by atoms with Crippen molar-refractivity contribution in [1.82, 2.24) is 10.6 Å². The highest BCUT2D eigenvalue weighted by molar-refractivity contribution is 6.08. The number of nitrogens with one attached hydrogen (secondary N) is 2. The summed E-state index contributed by atoms with van der Waals surface area (Å²) in [6.07, 6.45) is -2.08. The molecule has 0 aromatic heterocycles. The van der Waals surface area contributed by atoms with Crippen LogP contribution in [0.5, 0.6) is 11.5 Å². The molecule has 51 heavy (non-hydrogen) atoms. The largest absolute Gasteiger partial charge is 0.497 e. The number of carbonyl (C=O) groups excluding carboxylic acids is 4. The fourth-order valence-electron chi connectivity index (χ4n) is 6.07. The van der Waals surface area contributed by atoms with Crippen LogP contribution in [-0.4, -0.2) is 87.7 Å². The number of epoxide rings is 2. The van der Waals surface area contributed by atoms with Gasteiger partial charge in [0, 0.05) is 13.1 Å². The van der Waals surface area contributed by atoms with Crippen molar-refractivity contribution in [1.29, 1.82) is 0 Å². The number of amides is 2. The van der Waals surface area contributed by atoms with Gasteiger partial charge < -0.3 is 39.1 Å². The summed E-state index contributed by atoms with van der Waals surface area (Å²) in [7, 11) is 3.04. The monoisotopic (exact) mass is 698 g/mol. The van der Waals surface area contributed by atoms with Crippen molar-refractivity contribution in [2.24, 2.45) is 0 Å². The fourth-order valence-corrected chi connectivity index (χ4v) is 6.07. The maximum absolute atomic E-state index is 13.5. The Labute approximate surface area is 295 Å². The fraction of sp³-hybridized carbons (Fsp3) is 0.385. The maximum atomic E-state index is 13.5. The molecule has 0 spiro atoms. The van der Waals surface area contributed by atoms with E-state index < -0.39 is 47.2 Å². The van der Waals surface area contributed by atoms with Gasteiger partial charge in [0.25, 0.3) is 11.8 Å². The van der Waals surface area contributed by atoms with Gasteiger partial charge in [0.2, 0.25) is 12.2 Å². The van der Waals surface area contributed by atoms with Crippen LogP contribution in [0.4, 0.5) is 0 Å². The normalized spacial score (nSPS) is 20.2. The van der Waals surface area contributed by atoms with Crippen molar-refractivity contribution in [2.45, 2.75) is 57.5 Å². The van der Waals surface area contributed by atoms with E-state index in [4.69, 9.17) is 28.4 Å². The van der Waals surface area contributed by atoms with Gasteiger partial charge in [-0.15, -0.1) is 0 Å². The molecule has 0 radical (unpaired) electrons. The third-order valence-corrected chi connectivity index (χ3v) is 9.47. The molecule has 2 aliphatic rings. The molecule has 2 N–H and O–H groups in total. The summed E-state index contributed by atoms with van der Waals surface area (Å²) in [4.78, 5) is 53.7. The minimum atomic E-state index is -1.21. The van der Waals surface area contributed by atoms with E-state index in [1.807, 2.05) is 62.4 Å². The van der Waals surface area contributed by atoms with Crippen LogP contribution in [0, 0.1) is 13.8 Å². The molecule has 4 atom stereocenters. The van der Waals surface area contributed by atoms with Crippen LogP contribution < -0.4 is 20.1 Å². The first-order valence-electron chi connectivity index (χ1n) is 16.8. The maximum Gasteiger partial charge on any atom is 0.339 e. The van der Waals surface area contributed by atoms with Gasteiger partial charge >= 0.3 is 11.9 Å². The molecule has 2 amide bonds. The Morgan fingerprint density at radius 1 is 0.667 bits per heavy atom. The number of hydrogen-bond acceptors (Lipinski definition) is 10. The van der Waals surface area contributed by atoms with Crippen LogP contribution in [0.2, 0.25) is 0 Å². The molecule has 2 heterocycles. The number of benzene rings is 4. The van der Waals surface area contributed by atoms with Crippen LogP contribution in [0.3, 0.4) is 0 Å². The summed E-state index contributed by atoms with van der Waals surface area (Å²) in [6.45, 7) is 8.11. The highest BCUT2D eigenvalue weighted by Crippen LogP contribution is 2.36. The van der Waals surface area contributed by atoms with E-state index in [0.29, 0.717) is 28.7 Å².